The van der Waals surface area contributed by atoms with Gasteiger partial charge in [-0.3, -0.25) is 4.90 Å². The van der Waals surface area contributed by atoms with E-state index < -0.39 is 6.10 Å². The van der Waals surface area contributed by atoms with Crippen LogP contribution in [0.25, 0.3) is 5.57 Å². The number of nitrogens with zero attached hydrogens (tertiary/aromatic N) is 2. The Balaban J connectivity index is 2.16. The van der Waals surface area contributed by atoms with Crippen LogP contribution in [-0.4, -0.2) is 48.1 Å². The lowest BCUT2D eigenvalue weighted by molar-refractivity contribution is 0.143. The van der Waals surface area contributed by atoms with Crippen molar-refractivity contribution < 1.29 is 14.3 Å². The van der Waals surface area contributed by atoms with E-state index in [0.29, 0.717) is 6.04 Å². The molecule has 0 saturated carbocycles. The molecule has 3 unspecified atom stereocenters. The monoisotopic (exact) mass is 318 g/mol. The first kappa shape index (κ1) is 16.1. The van der Waals surface area contributed by atoms with Crippen LogP contribution in [-0.2, 0) is 4.84 Å². The zero-order chi connectivity index (χ0) is 16.6. The van der Waals surface area contributed by atoms with Crippen LogP contribution in [0.4, 0.5) is 4.39 Å². The van der Waals surface area contributed by atoms with Crippen LogP contribution in [0.3, 0.4) is 0 Å². The van der Waals surface area contributed by atoms with E-state index >= 15 is 0 Å². The van der Waals surface area contributed by atoms with Gasteiger partial charge in [-0.2, -0.15) is 0 Å². The van der Waals surface area contributed by atoms with Crippen molar-refractivity contribution in [1.29, 1.82) is 0 Å². The minimum Gasteiger partial charge on any atom is -0.399 e. The van der Waals surface area contributed by atoms with Crippen molar-refractivity contribution in [1.82, 2.24) is 4.90 Å². The van der Waals surface area contributed by atoms with Crippen molar-refractivity contribution in [2.75, 3.05) is 14.2 Å². The highest BCUT2D eigenvalue weighted by Gasteiger charge is 2.46. The third kappa shape index (κ3) is 2.79. The number of fused-ring (bicyclic) bond motifs is 2. The first-order valence-electron chi connectivity index (χ1n) is 8.06. The maximum atomic E-state index is 13.3. The molecule has 1 fully saturated rings. The number of likely N-dealkylation sites (N-methyl/N-ethyl adjacent to an activating group) is 1. The van der Waals surface area contributed by atoms with E-state index in [1.807, 2.05) is 26.1 Å². The van der Waals surface area contributed by atoms with E-state index in [1.54, 1.807) is 0 Å². The number of benzene rings is 1. The van der Waals surface area contributed by atoms with Crippen molar-refractivity contribution in [2.24, 2.45) is 5.16 Å². The van der Waals surface area contributed by atoms with Crippen molar-refractivity contribution in [3.8, 4) is 0 Å². The normalized spacial score (nSPS) is 28.4. The molecule has 1 saturated heterocycles. The third-order valence-corrected chi connectivity index (χ3v) is 4.99. The van der Waals surface area contributed by atoms with Gasteiger partial charge in [-0.15, -0.1) is 0 Å². The third-order valence-electron chi connectivity index (χ3n) is 4.99. The fourth-order valence-electron chi connectivity index (χ4n) is 3.90. The smallest absolute Gasteiger partial charge is 0.123 e. The van der Waals surface area contributed by atoms with Crippen LogP contribution in [0.1, 0.15) is 31.7 Å². The number of hydrogen-bond donors (Lipinski definition) is 1. The van der Waals surface area contributed by atoms with Crippen LogP contribution in [0.2, 0.25) is 0 Å². The number of aliphatic hydroxyl groups is 1. The van der Waals surface area contributed by atoms with Gasteiger partial charge in [-0.05, 0) is 49.6 Å². The largest absolute Gasteiger partial charge is 0.399 e. The minimum atomic E-state index is -0.411. The average Bonchev–Trinajstić information content (AvgIpc) is 2.72. The molecule has 0 spiro atoms. The van der Waals surface area contributed by atoms with Crippen LogP contribution in [0, 0.1) is 5.82 Å². The zero-order valence-electron chi connectivity index (χ0n) is 13.8. The number of halogens is 1. The van der Waals surface area contributed by atoms with Gasteiger partial charge < -0.3 is 9.94 Å². The van der Waals surface area contributed by atoms with Crippen LogP contribution in [0.15, 0.2) is 35.0 Å². The Morgan fingerprint density at radius 3 is 2.70 bits per heavy atom. The van der Waals surface area contributed by atoms with Crippen LogP contribution < -0.4 is 0 Å². The van der Waals surface area contributed by atoms with Gasteiger partial charge in [0, 0.05) is 11.6 Å². The fourth-order valence-corrected chi connectivity index (χ4v) is 3.90. The van der Waals surface area contributed by atoms with E-state index in [0.717, 1.165) is 41.7 Å². The van der Waals surface area contributed by atoms with Gasteiger partial charge in [-0.25, -0.2) is 4.39 Å². The van der Waals surface area contributed by atoms with E-state index in [9.17, 15) is 9.50 Å². The number of oxime groups is 1. The zero-order valence-corrected chi connectivity index (χ0v) is 13.8. The molecule has 0 aliphatic carbocycles. The molecule has 1 aromatic carbocycles. The molecule has 5 heteroatoms. The Labute approximate surface area is 136 Å². The molecule has 0 amide bonds. The molecule has 1 aromatic rings. The summed E-state index contributed by atoms with van der Waals surface area (Å²) in [5, 5.41) is 14.7. The second kappa shape index (κ2) is 6.42. The summed E-state index contributed by atoms with van der Waals surface area (Å²) in [6.07, 6.45) is 1.88. The molecule has 2 heterocycles. The topological polar surface area (TPSA) is 45.1 Å². The first-order valence-corrected chi connectivity index (χ1v) is 8.06. The lowest BCUT2D eigenvalue weighted by atomic mass is 9.85. The summed E-state index contributed by atoms with van der Waals surface area (Å²) in [7, 11) is 3.58. The molecular formula is C18H23FN2O2. The molecule has 2 bridgehead atoms. The van der Waals surface area contributed by atoms with Crippen molar-refractivity contribution in [3.63, 3.8) is 0 Å². The Kier molecular flexibility index (Phi) is 4.50. The highest BCUT2D eigenvalue weighted by atomic mass is 19.1. The highest BCUT2D eigenvalue weighted by molar-refractivity contribution is 6.07. The second-order valence-corrected chi connectivity index (χ2v) is 6.24. The maximum Gasteiger partial charge on any atom is 0.123 e. The Hall–Kier alpha value is -1.72. The SMILES string of the molecule is CCC(=NOC)C1=C(c2ccc(F)cc2)CC2CC(O)C1N2C. The standard InChI is InChI=1S/C18H23FN2O2/c1-4-15(20-23-3)17-14(11-5-7-12(19)8-6-11)9-13-10-16(22)18(17)21(13)2/h5-8,13,16,18,22H,4,9-10H2,1-3H3. The summed E-state index contributed by atoms with van der Waals surface area (Å²) in [5.41, 5.74) is 4.02. The van der Waals surface area contributed by atoms with Gasteiger partial charge in [0.15, 0.2) is 0 Å². The Bertz CT molecular complexity index is 639. The summed E-state index contributed by atoms with van der Waals surface area (Å²) in [6.45, 7) is 2.03. The van der Waals surface area contributed by atoms with Gasteiger partial charge in [0.25, 0.3) is 0 Å². The quantitative estimate of drug-likeness (QED) is 0.686. The maximum absolute atomic E-state index is 13.3. The molecule has 23 heavy (non-hydrogen) atoms. The summed E-state index contributed by atoms with van der Waals surface area (Å²) in [5.74, 6) is -0.242. The predicted molar refractivity (Wildman–Crippen MR) is 88.6 cm³/mol. The fraction of sp³-hybridized carbons (Fsp3) is 0.500. The molecule has 0 radical (unpaired) electrons. The molecule has 3 atom stereocenters. The van der Waals surface area contributed by atoms with Gasteiger partial charge in [0.05, 0.1) is 17.9 Å². The molecule has 2 aliphatic heterocycles. The van der Waals surface area contributed by atoms with E-state index in [2.05, 4.69) is 10.1 Å². The molecule has 0 aromatic heterocycles. The van der Waals surface area contributed by atoms with E-state index in [1.165, 1.54) is 19.2 Å². The molecule has 1 N–H and O–H groups in total. The van der Waals surface area contributed by atoms with Gasteiger partial charge >= 0.3 is 0 Å². The minimum absolute atomic E-state index is 0.0809. The summed E-state index contributed by atoms with van der Waals surface area (Å²) in [6, 6.07) is 6.80. The van der Waals surface area contributed by atoms with Gasteiger partial charge in [0.2, 0.25) is 0 Å². The van der Waals surface area contributed by atoms with E-state index in [4.69, 9.17) is 4.84 Å². The number of aliphatic hydroxyl groups excluding tert-OH is 1. The van der Waals surface area contributed by atoms with Gasteiger partial charge in [0.1, 0.15) is 12.9 Å². The van der Waals surface area contributed by atoms with Gasteiger partial charge in [-0.1, -0.05) is 24.2 Å². The first-order chi connectivity index (χ1) is 11.1. The molecule has 124 valence electrons. The van der Waals surface area contributed by atoms with Crippen LogP contribution >= 0.6 is 0 Å². The lowest BCUT2D eigenvalue weighted by Gasteiger charge is -2.36. The van der Waals surface area contributed by atoms with Crippen molar-refractivity contribution >= 4 is 11.3 Å². The summed E-state index contributed by atoms with van der Waals surface area (Å²) in [4.78, 5) is 7.25. The van der Waals surface area contributed by atoms with Crippen LogP contribution in [0.5, 0.6) is 0 Å². The Morgan fingerprint density at radius 2 is 2.09 bits per heavy atom. The molecular weight excluding hydrogens is 295 g/mol. The predicted octanol–water partition coefficient (Wildman–Crippen LogP) is 2.83. The summed E-state index contributed by atoms with van der Waals surface area (Å²) < 4.78 is 13.3. The molecule has 2 aliphatic rings. The summed E-state index contributed by atoms with van der Waals surface area (Å²) >= 11 is 0. The number of hydrogen-bond acceptors (Lipinski definition) is 4. The second-order valence-electron chi connectivity index (χ2n) is 6.24. The highest BCUT2D eigenvalue weighted by Crippen LogP contribution is 2.43. The van der Waals surface area contributed by atoms with Crippen molar-refractivity contribution in [2.45, 2.75) is 44.4 Å². The van der Waals surface area contributed by atoms with E-state index in [-0.39, 0.29) is 11.9 Å². The molecule has 4 nitrogen and oxygen atoms in total. The Morgan fingerprint density at radius 1 is 1.39 bits per heavy atom. The lowest BCUT2D eigenvalue weighted by Crippen LogP contribution is -2.43. The van der Waals surface area contributed by atoms with Crippen molar-refractivity contribution in [3.05, 3.63) is 41.2 Å². The number of rotatable bonds is 4. The molecule has 3 rings (SSSR count). The average molecular weight is 318 g/mol.